The number of sulfone groups is 1. The van der Waals surface area contributed by atoms with Gasteiger partial charge in [-0.15, -0.1) is 5.10 Å². The molecule has 136 valence electrons. The minimum absolute atomic E-state index is 0.0114. The van der Waals surface area contributed by atoms with Gasteiger partial charge in [-0.2, -0.15) is 0 Å². The van der Waals surface area contributed by atoms with Gasteiger partial charge in [-0.05, 0) is 49.6 Å². The van der Waals surface area contributed by atoms with Gasteiger partial charge in [-0.25, -0.2) is 22.5 Å². The van der Waals surface area contributed by atoms with Gasteiger partial charge in [0.2, 0.25) is 5.82 Å². The second-order valence-corrected chi connectivity index (χ2v) is 8.86. The van der Waals surface area contributed by atoms with Gasteiger partial charge in [0.05, 0.1) is 17.2 Å². The van der Waals surface area contributed by atoms with Crippen LogP contribution in [-0.2, 0) is 16.3 Å². The van der Waals surface area contributed by atoms with Crippen LogP contribution in [-0.4, -0.2) is 34.7 Å². The lowest BCUT2D eigenvalue weighted by Gasteiger charge is -2.09. The van der Waals surface area contributed by atoms with Gasteiger partial charge in [0.25, 0.3) is 0 Å². The van der Waals surface area contributed by atoms with Crippen molar-refractivity contribution in [2.45, 2.75) is 19.8 Å². The minimum Gasteiger partial charge on any atom is -0.458 e. The van der Waals surface area contributed by atoms with Crippen LogP contribution in [0, 0.1) is 18.7 Å². The Kier molecular flexibility index (Phi) is 4.14. The van der Waals surface area contributed by atoms with E-state index in [1.165, 1.54) is 12.1 Å². The fraction of sp³-hybridized carbons (Fsp3) is 0.333. The second-order valence-electron chi connectivity index (χ2n) is 6.63. The highest BCUT2D eigenvalue weighted by molar-refractivity contribution is 7.91. The molecule has 26 heavy (non-hydrogen) atoms. The fourth-order valence-corrected chi connectivity index (χ4v) is 5.10. The molecule has 0 saturated carbocycles. The predicted octanol–water partition coefficient (Wildman–Crippen LogP) is 2.95. The van der Waals surface area contributed by atoms with Crippen molar-refractivity contribution in [2.75, 3.05) is 11.5 Å². The van der Waals surface area contributed by atoms with E-state index in [0.717, 1.165) is 5.76 Å². The van der Waals surface area contributed by atoms with E-state index < -0.39 is 9.84 Å². The summed E-state index contributed by atoms with van der Waals surface area (Å²) in [6, 6.07) is 9.68. The maximum absolute atomic E-state index is 13.7. The monoisotopic (exact) mass is 375 g/mol. The van der Waals surface area contributed by atoms with Crippen LogP contribution >= 0.6 is 0 Å². The highest BCUT2D eigenvalue weighted by Crippen LogP contribution is 2.26. The van der Waals surface area contributed by atoms with Gasteiger partial charge >= 0.3 is 0 Å². The Balaban J connectivity index is 1.74. The maximum Gasteiger partial charge on any atom is 0.217 e. The van der Waals surface area contributed by atoms with Crippen molar-refractivity contribution in [3.05, 3.63) is 53.8 Å². The molecular formula is C18H18FN3O3S. The van der Waals surface area contributed by atoms with Crippen molar-refractivity contribution < 1.29 is 17.2 Å². The summed E-state index contributed by atoms with van der Waals surface area (Å²) >= 11 is 0. The summed E-state index contributed by atoms with van der Waals surface area (Å²) in [5, 5.41) is 4.48. The molecule has 1 aromatic carbocycles. The van der Waals surface area contributed by atoms with E-state index >= 15 is 0 Å². The third kappa shape index (κ3) is 3.41. The minimum atomic E-state index is -2.98. The summed E-state index contributed by atoms with van der Waals surface area (Å²) in [6.07, 6.45) is 1.07. The van der Waals surface area contributed by atoms with Crippen LogP contribution < -0.4 is 0 Å². The van der Waals surface area contributed by atoms with Gasteiger partial charge in [0.15, 0.2) is 15.6 Å². The first-order valence-corrected chi connectivity index (χ1v) is 10.2. The lowest BCUT2D eigenvalue weighted by Crippen LogP contribution is -2.12. The molecule has 2 aromatic heterocycles. The Morgan fingerprint density at radius 1 is 1.31 bits per heavy atom. The Hall–Kier alpha value is -2.48. The van der Waals surface area contributed by atoms with E-state index in [4.69, 9.17) is 4.42 Å². The zero-order valence-corrected chi connectivity index (χ0v) is 15.0. The third-order valence-corrected chi connectivity index (χ3v) is 6.32. The molecule has 0 unspecified atom stereocenters. The maximum atomic E-state index is 13.7. The number of rotatable bonds is 4. The molecule has 4 rings (SSSR count). The highest BCUT2D eigenvalue weighted by Gasteiger charge is 2.30. The van der Waals surface area contributed by atoms with Crippen LogP contribution in [0.25, 0.3) is 17.3 Å². The van der Waals surface area contributed by atoms with Crippen LogP contribution in [0.1, 0.15) is 18.0 Å². The Morgan fingerprint density at radius 2 is 2.15 bits per heavy atom. The fourth-order valence-electron chi connectivity index (χ4n) is 3.24. The Morgan fingerprint density at radius 3 is 2.81 bits per heavy atom. The largest absolute Gasteiger partial charge is 0.458 e. The molecule has 1 atom stereocenters. The first kappa shape index (κ1) is 17.0. The summed E-state index contributed by atoms with van der Waals surface area (Å²) in [4.78, 5) is 4.55. The Labute approximate surface area is 150 Å². The number of hydrogen-bond acceptors (Lipinski definition) is 5. The predicted molar refractivity (Wildman–Crippen MR) is 94.2 cm³/mol. The molecule has 0 radical (unpaired) electrons. The second kappa shape index (κ2) is 6.35. The molecule has 0 aliphatic carbocycles. The topological polar surface area (TPSA) is 78.0 Å². The number of aryl methyl sites for hydroxylation is 1. The van der Waals surface area contributed by atoms with Crippen molar-refractivity contribution in [3.8, 4) is 17.3 Å². The van der Waals surface area contributed by atoms with Crippen molar-refractivity contribution in [1.82, 2.24) is 14.8 Å². The van der Waals surface area contributed by atoms with Crippen LogP contribution in [0.15, 0.2) is 40.8 Å². The zero-order chi connectivity index (χ0) is 18.3. The Bertz CT molecular complexity index is 1060. The number of benzene rings is 1. The van der Waals surface area contributed by atoms with Gasteiger partial charge in [-0.1, -0.05) is 6.07 Å². The average molecular weight is 375 g/mol. The van der Waals surface area contributed by atoms with Crippen LogP contribution in [0.3, 0.4) is 0 Å². The first-order valence-electron chi connectivity index (χ1n) is 8.39. The lowest BCUT2D eigenvalue weighted by molar-refractivity contribution is 0.544. The number of halogens is 1. The summed E-state index contributed by atoms with van der Waals surface area (Å²) in [5.74, 6) is 2.24. The van der Waals surface area contributed by atoms with E-state index in [0.29, 0.717) is 35.9 Å². The number of hydrogen-bond donors (Lipinski definition) is 0. The molecule has 0 bridgehead atoms. The van der Waals surface area contributed by atoms with Crippen LogP contribution in [0.4, 0.5) is 4.39 Å². The quantitative estimate of drug-likeness (QED) is 0.701. The van der Waals surface area contributed by atoms with Crippen molar-refractivity contribution in [1.29, 1.82) is 0 Å². The normalized spacial score (nSPS) is 19.1. The lowest BCUT2D eigenvalue weighted by atomic mass is 10.1. The summed E-state index contributed by atoms with van der Waals surface area (Å²) in [7, 11) is -2.98. The number of aromatic nitrogens is 3. The molecule has 0 N–H and O–H groups in total. The molecule has 3 aromatic rings. The summed E-state index contributed by atoms with van der Waals surface area (Å²) in [5.41, 5.74) is 0.544. The van der Waals surface area contributed by atoms with Gasteiger partial charge in [0, 0.05) is 6.42 Å². The molecule has 1 fully saturated rings. The number of nitrogens with zero attached hydrogens (tertiary/aromatic N) is 3. The smallest absolute Gasteiger partial charge is 0.217 e. The van der Waals surface area contributed by atoms with Crippen LogP contribution in [0.5, 0.6) is 0 Å². The van der Waals surface area contributed by atoms with E-state index in [1.807, 2.05) is 13.0 Å². The molecule has 8 heteroatoms. The van der Waals surface area contributed by atoms with E-state index in [-0.39, 0.29) is 23.2 Å². The number of furan rings is 1. The molecule has 1 saturated heterocycles. The summed E-state index contributed by atoms with van der Waals surface area (Å²) < 4.78 is 44.3. The molecule has 0 amide bonds. The first-order chi connectivity index (χ1) is 12.4. The molecule has 3 heterocycles. The third-order valence-electron chi connectivity index (χ3n) is 4.49. The molecule has 1 aliphatic rings. The van der Waals surface area contributed by atoms with Crippen molar-refractivity contribution in [2.24, 2.45) is 5.92 Å². The summed E-state index contributed by atoms with van der Waals surface area (Å²) in [6.45, 7) is 1.83. The van der Waals surface area contributed by atoms with E-state index in [9.17, 15) is 12.8 Å². The molecule has 0 spiro atoms. The highest BCUT2D eigenvalue weighted by atomic mass is 32.2. The zero-order valence-electron chi connectivity index (χ0n) is 14.2. The average Bonchev–Trinajstić information content (AvgIpc) is 3.27. The molecule has 6 nitrogen and oxygen atoms in total. The standard InChI is InChI=1S/C18H18FN3O3S/c1-12-5-6-16(25-12)18-20-17(9-13-7-8-26(23,24)11-13)22(21-18)15-4-2-3-14(19)10-15/h2-6,10,13H,7-9,11H2,1H3/t13-/m0/s1. The van der Waals surface area contributed by atoms with Gasteiger partial charge in [0.1, 0.15) is 17.4 Å². The van der Waals surface area contributed by atoms with Gasteiger partial charge < -0.3 is 4.42 Å². The van der Waals surface area contributed by atoms with Crippen LogP contribution in [0.2, 0.25) is 0 Å². The van der Waals surface area contributed by atoms with Crippen molar-refractivity contribution >= 4 is 9.84 Å². The van der Waals surface area contributed by atoms with E-state index in [2.05, 4.69) is 10.1 Å². The molecule has 1 aliphatic heterocycles. The van der Waals surface area contributed by atoms with Gasteiger partial charge in [-0.3, -0.25) is 0 Å². The molecular weight excluding hydrogens is 357 g/mol. The SMILES string of the molecule is Cc1ccc(-c2nc(C[C@@H]3CCS(=O)(=O)C3)n(-c3cccc(F)c3)n2)o1. The van der Waals surface area contributed by atoms with Crippen molar-refractivity contribution in [3.63, 3.8) is 0 Å². The van der Waals surface area contributed by atoms with E-state index in [1.54, 1.807) is 22.9 Å².